The molecular weight excluding hydrogens is 1850 g/mol. The van der Waals surface area contributed by atoms with Crippen molar-refractivity contribution in [3.05, 3.63) is 468 Å². The maximum Gasteiger partial charge on any atom is 0.295 e. The summed E-state index contributed by atoms with van der Waals surface area (Å²) >= 11 is 11.7. The highest BCUT2D eigenvalue weighted by molar-refractivity contribution is 6.31. The molecular formula is C113H101Cl2N19O10. The lowest BCUT2D eigenvalue weighted by Crippen LogP contribution is -2.27. The summed E-state index contributed by atoms with van der Waals surface area (Å²) in [4.78, 5) is 153. The zero-order valence-electron chi connectivity index (χ0n) is 80.2. The lowest BCUT2D eigenvalue weighted by Gasteiger charge is -2.17. The first-order valence-electron chi connectivity index (χ1n) is 44.7. The molecule has 144 heavy (non-hydrogen) atoms. The van der Waals surface area contributed by atoms with E-state index in [1.54, 1.807) is 247 Å². The summed E-state index contributed by atoms with van der Waals surface area (Å²) in [6.45, 7) is 2.02. The molecule has 10 heterocycles. The Morgan fingerprint density at radius 3 is 0.958 bits per heavy atom. The number of fused-ring (bicyclic) bond motifs is 5. The summed E-state index contributed by atoms with van der Waals surface area (Å²) in [5, 5.41) is 26.8. The maximum absolute atomic E-state index is 12.5. The Bertz CT molecular complexity index is 7320. The Morgan fingerprint density at radius 1 is 0.250 bits per heavy atom. The van der Waals surface area contributed by atoms with E-state index in [2.05, 4.69) is 71.1 Å². The Morgan fingerprint density at radius 2 is 0.569 bits per heavy atom. The van der Waals surface area contributed by atoms with Crippen molar-refractivity contribution in [3.8, 4) is 11.1 Å². The topological polar surface area (TPSA) is 367 Å². The highest BCUT2D eigenvalue weighted by Crippen LogP contribution is 2.26. The van der Waals surface area contributed by atoms with Gasteiger partial charge in [-0.1, -0.05) is 205 Å². The van der Waals surface area contributed by atoms with E-state index in [0.717, 1.165) is 88.3 Å². The number of aromatic nitrogens is 10. The Labute approximate surface area is 842 Å². The molecule has 29 nitrogen and oxygen atoms in total. The molecule has 0 saturated carbocycles. The second-order valence-electron chi connectivity index (χ2n) is 31.0. The van der Waals surface area contributed by atoms with Gasteiger partial charge in [0.1, 0.15) is 51.2 Å². The number of nitrogens with zero attached hydrogens (tertiary/aromatic N) is 15. The number of benzene rings is 9. The number of para-hydroxylation sites is 5. The molecule has 5 N–H and O–H groups in total. The van der Waals surface area contributed by atoms with Crippen LogP contribution in [0.5, 0.6) is 0 Å². The standard InChI is InChI=1S/C18H16N2O.C17H13ClN2O.C17H14N2O.C13H11ClN2O.C12H11N3O.2C11H10N2O.C7H8N2O2.C7H8N2O/c1-13-7-10-15(11-8-13)20(2)18(21)17-12-9-14-5-3-4-6-16(14)19-17;1-20(14-9-7-13(18)8-10-14)17(21)16-11-6-12-4-2-3-5-15(12)19-16;1-19(14-8-3-2-4-9-14)17(20)16-12-11-13-7-5-6-10-15(13)18-16;1-16(11-7-5-10(14)6-8-11)13(17)12-4-2-3-9-15-12;1-13-12(16)11-7-9(4-6-15-11)10-3-2-5-14-8-10;1-12-11(14)10-6-8-4-2-3-5-9(8)7-13-10;1-12-11(14)10-7-6-8-4-2-3-5-9(8)13-10;1-9(11)7(10)6-4-2-3-5-8-6;1-8-7(10)6-4-2-3-5-9-6/h3-12H,1-2H3;2-11H,1H3;2-12H,1H3;2-9H,1H3;2-8H,1H3,(H,13,16);2*2-7H,1H3,(H,12,14);2-5,11H,1H3;2-5H,1H3,(H,8,10). The number of hydroxylamine groups is 2. The summed E-state index contributed by atoms with van der Waals surface area (Å²) in [6.07, 6.45) is 11.5. The SMILES string of the molecule is CN(C(=O)c1ccc2ccccc2n1)c1ccc(Cl)cc1.CN(C(=O)c1ccc2ccccc2n1)c1ccccc1.CN(C(=O)c1ccccn1)c1ccc(Cl)cc1.CN(O)C(=O)c1ccccn1.CNC(=O)c1cc(-c2cccnc2)ccn1.CNC(=O)c1cc2ccccc2cn1.CNC(=O)c1ccc2ccccc2n1.CNC(=O)c1ccccn1.Cc1ccc(N(C)C(=O)c2ccc3ccccc3n2)cc1. The monoisotopic (exact) mass is 1950 g/mol. The number of aryl methyl sites for hydroxylation is 1. The van der Waals surface area contributed by atoms with Crippen molar-refractivity contribution in [2.45, 2.75) is 6.92 Å². The van der Waals surface area contributed by atoms with E-state index in [0.29, 0.717) is 60.7 Å². The van der Waals surface area contributed by atoms with Crippen LogP contribution in [-0.4, -0.2) is 177 Å². The number of nitrogens with one attached hydrogen (secondary N) is 4. The van der Waals surface area contributed by atoms with Crippen molar-refractivity contribution in [1.29, 1.82) is 0 Å². The highest BCUT2D eigenvalue weighted by Gasteiger charge is 2.21. The van der Waals surface area contributed by atoms with Crippen molar-refractivity contribution in [3.63, 3.8) is 0 Å². The van der Waals surface area contributed by atoms with E-state index >= 15 is 0 Å². The fourth-order valence-corrected chi connectivity index (χ4v) is 13.5. The van der Waals surface area contributed by atoms with Crippen molar-refractivity contribution >= 4 is 154 Å². The minimum atomic E-state index is -0.509. The second-order valence-corrected chi connectivity index (χ2v) is 31.9. The Kier molecular flexibility index (Phi) is 39.8. The minimum absolute atomic E-state index is 0.107. The molecule has 0 aliphatic rings. The molecule has 722 valence electrons. The summed E-state index contributed by atoms with van der Waals surface area (Å²) in [5.41, 5.74) is 13.4. The van der Waals surface area contributed by atoms with Gasteiger partial charge >= 0.3 is 0 Å². The predicted octanol–water partition coefficient (Wildman–Crippen LogP) is 20.2. The maximum atomic E-state index is 12.5. The van der Waals surface area contributed by atoms with Crippen LogP contribution in [0.2, 0.25) is 10.0 Å². The molecule has 0 radical (unpaired) electrons. The number of hydrogen-bond acceptors (Lipinski definition) is 20. The quantitative estimate of drug-likeness (QED) is 0.0498. The third-order valence-electron chi connectivity index (χ3n) is 21.2. The third-order valence-corrected chi connectivity index (χ3v) is 21.7. The first-order valence-corrected chi connectivity index (χ1v) is 45.5. The summed E-state index contributed by atoms with van der Waals surface area (Å²) in [6, 6.07) is 110. The van der Waals surface area contributed by atoms with Crippen LogP contribution in [0.25, 0.3) is 65.5 Å². The molecule has 0 fully saturated rings. The molecule has 0 aliphatic carbocycles. The van der Waals surface area contributed by atoms with Crippen LogP contribution in [-0.2, 0) is 0 Å². The molecule has 9 amide bonds. The average molecular weight is 1960 g/mol. The number of carbonyl (C=O) groups excluding carboxylic acids is 9. The average Bonchev–Trinajstić information content (AvgIpc) is 0.977. The second kappa shape index (κ2) is 54.0. The normalized spacial score (nSPS) is 10.1. The van der Waals surface area contributed by atoms with Gasteiger partial charge in [0.05, 0.1) is 22.1 Å². The van der Waals surface area contributed by atoms with Crippen LogP contribution >= 0.6 is 23.2 Å². The molecule has 0 bridgehead atoms. The lowest BCUT2D eigenvalue weighted by atomic mass is 10.1. The minimum Gasteiger partial charge on any atom is -0.354 e. The molecule has 19 aromatic rings. The van der Waals surface area contributed by atoms with Crippen molar-refractivity contribution in [1.82, 2.24) is 76.2 Å². The number of pyridine rings is 10. The first kappa shape index (κ1) is 106. The van der Waals surface area contributed by atoms with Crippen LogP contribution in [0.15, 0.2) is 401 Å². The molecule has 0 saturated heterocycles. The van der Waals surface area contributed by atoms with Crippen LogP contribution in [0.3, 0.4) is 0 Å². The Hall–Kier alpha value is -18.5. The number of anilines is 4. The molecule has 31 heteroatoms. The van der Waals surface area contributed by atoms with Gasteiger partial charge in [0.2, 0.25) is 0 Å². The van der Waals surface area contributed by atoms with Gasteiger partial charge in [-0.05, 0) is 200 Å². The zero-order chi connectivity index (χ0) is 103. The van der Waals surface area contributed by atoms with E-state index in [1.807, 2.05) is 225 Å². The Balaban J connectivity index is 0.000000156. The molecule has 0 spiro atoms. The predicted molar refractivity (Wildman–Crippen MR) is 568 cm³/mol. The molecule has 0 aliphatic heterocycles. The summed E-state index contributed by atoms with van der Waals surface area (Å²) in [5.74, 6) is -1.67. The summed E-state index contributed by atoms with van der Waals surface area (Å²) in [7, 11) is 14.6. The molecule has 0 unspecified atom stereocenters. The van der Waals surface area contributed by atoms with Crippen molar-refractivity contribution < 1.29 is 48.4 Å². The highest BCUT2D eigenvalue weighted by atomic mass is 35.5. The van der Waals surface area contributed by atoms with Gasteiger partial charge in [0.15, 0.2) is 0 Å². The van der Waals surface area contributed by atoms with Crippen molar-refractivity contribution in [2.75, 3.05) is 83.0 Å². The van der Waals surface area contributed by atoms with Gasteiger partial charge in [-0.25, -0.2) is 25.0 Å². The van der Waals surface area contributed by atoms with E-state index in [4.69, 9.17) is 28.4 Å². The van der Waals surface area contributed by atoms with Crippen LogP contribution in [0.4, 0.5) is 22.7 Å². The third kappa shape index (κ3) is 30.8. The van der Waals surface area contributed by atoms with Gasteiger partial charge in [-0.15, -0.1) is 0 Å². The number of amides is 9. The molecule has 10 aromatic heterocycles. The van der Waals surface area contributed by atoms with Gasteiger partial charge in [0.25, 0.3) is 53.2 Å². The zero-order valence-corrected chi connectivity index (χ0v) is 81.7. The number of rotatable bonds is 14. The van der Waals surface area contributed by atoms with Crippen LogP contribution < -0.4 is 40.9 Å². The van der Waals surface area contributed by atoms with Crippen LogP contribution in [0.1, 0.15) is 100.0 Å². The fourth-order valence-electron chi connectivity index (χ4n) is 13.3. The van der Waals surface area contributed by atoms with E-state index in [9.17, 15) is 43.2 Å². The fraction of sp³-hybridized carbons (Fsp3) is 0.0885. The lowest BCUT2D eigenvalue weighted by molar-refractivity contribution is -0.0379. The molecule has 19 rings (SSSR count). The molecule has 9 aromatic carbocycles. The van der Waals surface area contributed by atoms with E-state index < -0.39 is 5.91 Å². The van der Waals surface area contributed by atoms with Gasteiger partial charge in [-0.2, -0.15) is 0 Å². The van der Waals surface area contributed by atoms with Crippen molar-refractivity contribution in [2.24, 2.45) is 0 Å². The van der Waals surface area contributed by atoms with Crippen LogP contribution in [0, 0.1) is 6.92 Å². The van der Waals surface area contributed by atoms with Gasteiger partial charge < -0.3 is 40.9 Å². The van der Waals surface area contributed by atoms with Gasteiger partial charge in [0, 0.05) is 172 Å². The largest absolute Gasteiger partial charge is 0.354 e. The van der Waals surface area contributed by atoms with E-state index in [-0.39, 0.29) is 53.0 Å². The van der Waals surface area contributed by atoms with Gasteiger partial charge in [-0.3, -0.25) is 78.3 Å². The van der Waals surface area contributed by atoms with E-state index in [1.165, 1.54) is 24.9 Å². The number of hydrogen-bond donors (Lipinski definition) is 5. The smallest absolute Gasteiger partial charge is 0.295 e. The summed E-state index contributed by atoms with van der Waals surface area (Å²) < 4.78 is 0. The molecule has 0 atom stereocenters. The number of halogens is 2. The number of carbonyl (C=O) groups is 9. The first-order chi connectivity index (χ1) is 69.7.